The van der Waals surface area contributed by atoms with Gasteiger partial charge in [-0.3, -0.25) is 4.79 Å². The predicted molar refractivity (Wildman–Crippen MR) is 65.3 cm³/mol. The van der Waals surface area contributed by atoms with E-state index in [9.17, 15) is 4.79 Å². The van der Waals surface area contributed by atoms with Crippen molar-refractivity contribution in [2.75, 3.05) is 0 Å². The minimum absolute atomic E-state index is 0.0448. The van der Waals surface area contributed by atoms with E-state index in [0.29, 0.717) is 27.1 Å². The summed E-state index contributed by atoms with van der Waals surface area (Å²) in [4.78, 5) is 11.8. The van der Waals surface area contributed by atoms with Gasteiger partial charge in [-0.25, -0.2) is 0 Å². The fraction of sp³-hybridized carbons (Fsp3) is 0.364. The van der Waals surface area contributed by atoms with Gasteiger partial charge >= 0.3 is 0 Å². The summed E-state index contributed by atoms with van der Waals surface area (Å²) >= 11 is 17.6. The number of rotatable bonds is 3. The van der Waals surface area contributed by atoms with Crippen molar-refractivity contribution in [2.45, 2.75) is 20.3 Å². The van der Waals surface area contributed by atoms with Crippen LogP contribution < -0.4 is 0 Å². The third-order valence-electron chi connectivity index (χ3n) is 1.88. The maximum atomic E-state index is 11.8. The summed E-state index contributed by atoms with van der Waals surface area (Å²) in [6, 6.07) is 3.06. The second-order valence-electron chi connectivity index (χ2n) is 3.77. The Morgan fingerprint density at radius 3 is 2.07 bits per heavy atom. The van der Waals surface area contributed by atoms with E-state index < -0.39 is 0 Å². The normalized spacial score (nSPS) is 10.8. The van der Waals surface area contributed by atoms with E-state index in [1.165, 1.54) is 12.1 Å². The first kappa shape index (κ1) is 12.8. The molecule has 82 valence electrons. The average Bonchev–Trinajstić information content (AvgIpc) is 1.99. The molecule has 0 amide bonds. The largest absolute Gasteiger partial charge is 0.294 e. The van der Waals surface area contributed by atoms with Crippen molar-refractivity contribution in [1.29, 1.82) is 0 Å². The van der Waals surface area contributed by atoms with E-state index in [2.05, 4.69) is 0 Å². The SMILES string of the molecule is CC(C)CC(=O)c1c(Cl)cc(Cl)cc1Cl. The first-order chi connectivity index (χ1) is 6.91. The lowest BCUT2D eigenvalue weighted by molar-refractivity contribution is 0.0968. The van der Waals surface area contributed by atoms with Crippen LogP contribution in [0, 0.1) is 5.92 Å². The zero-order valence-electron chi connectivity index (χ0n) is 8.48. The van der Waals surface area contributed by atoms with Crippen molar-refractivity contribution < 1.29 is 4.79 Å². The first-order valence-electron chi connectivity index (χ1n) is 4.59. The number of hydrogen-bond acceptors (Lipinski definition) is 1. The van der Waals surface area contributed by atoms with Gasteiger partial charge in [0.15, 0.2) is 5.78 Å². The van der Waals surface area contributed by atoms with Gasteiger partial charge in [0.25, 0.3) is 0 Å². The van der Waals surface area contributed by atoms with Crippen LogP contribution >= 0.6 is 34.8 Å². The summed E-state index contributed by atoms with van der Waals surface area (Å²) < 4.78 is 0. The van der Waals surface area contributed by atoms with Gasteiger partial charge in [-0.2, -0.15) is 0 Å². The van der Waals surface area contributed by atoms with Gasteiger partial charge in [0.2, 0.25) is 0 Å². The zero-order chi connectivity index (χ0) is 11.6. The highest BCUT2D eigenvalue weighted by Gasteiger charge is 2.16. The van der Waals surface area contributed by atoms with Gasteiger partial charge in [0.05, 0.1) is 15.6 Å². The van der Waals surface area contributed by atoms with Crippen molar-refractivity contribution in [3.63, 3.8) is 0 Å². The van der Waals surface area contributed by atoms with Crippen molar-refractivity contribution in [3.05, 3.63) is 32.8 Å². The minimum atomic E-state index is -0.0448. The molecule has 0 fully saturated rings. The Hall–Kier alpha value is -0.240. The maximum Gasteiger partial charge on any atom is 0.166 e. The van der Waals surface area contributed by atoms with Crippen LogP contribution in [0.4, 0.5) is 0 Å². The number of benzene rings is 1. The van der Waals surface area contributed by atoms with Gasteiger partial charge in [0.1, 0.15) is 0 Å². The molecular formula is C11H11Cl3O. The average molecular weight is 266 g/mol. The summed E-state index contributed by atoms with van der Waals surface area (Å²) in [5, 5.41) is 1.07. The molecule has 0 saturated carbocycles. The molecule has 0 radical (unpaired) electrons. The number of carbonyl (C=O) groups is 1. The molecule has 0 aliphatic rings. The van der Waals surface area contributed by atoms with Crippen molar-refractivity contribution in [1.82, 2.24) is 0 Å². The Labute approximate surface area is 104 Å². The Balaban J connectivity index is 3.09. The standard InChI is InChI=1S/C11H11Cl3O/c1-6(2)3-10(15)11-8(13)4-7(12)5-9(11)14/h4-6H,3H2,1-2H3. The molecule has 0 atom stereocenters. The van der Waals surface area contributed by atoms with Crippen molar-refractivity contribution in [2.24, 2.45) is 5.92 Å². The van der Waals surface area contributed by atoms with Crippen molar-refractivity contribution in [3.8, 4) is 0 Å². The molecule has 1 rings (SSSR count). The minimum Gasteiger partial charge on any atom is -0.294 e. The summed E-state index contributed by atoms with van der Waals surface area (Å²) in [5.74, 6) is 0.233. The van der Waals surface area contributed by atoms with Crippen LogP contribution in [0.5, 0.6) is 0 Å². The molecule has 0 heterocycles. The number of hydrogen-bond donors (Lipinski definition) is 0. The Bertz CT molecular complexity index is 362. The molecule has 1 aromatic carbocycles. The van der Waals surface area contributed by atoms with E-state index in [1.54, 1.807) is 0 Å². The quantitative estimate of drug-likeness (QED) is 0.712. The highest BCUT2D eigenvalue weighted by Crippen LogP contribution is 2.30. The van der Waals surface area contributed by atoms with Crippen LogP contribution in [-0.2, 0) is 0 Å². The van der Waals surface area contributed by atoms with Crippen LogP contribution in [-0.4, -0.2) is 5.78 Å². The Kier molecular flexibility index (Phi) is 4.45. The number of ketones is 1. The number of halogens is 3. The fourth-order valence-electron chi connectivity index (χ4n) is 1.28. The highest BCUT2D eigenvalue weighted by molar-refractivity contribution is 6.42. The van der Waals surface area contributed by atoms with Gasteiger partial charge in [-0.15, -0.1) is 0 Å². The molecule has 0 aliphatic heterocycles. The molecule has 0 aliphatic carbocycles. The molecule has 0 unspecified atom stereocenters. The van der Waals surface area contributed by atoms with E-state index in [-0.39, 0.29) is 11.7 Å². The maximum absolute atomic E-state index is 11.8. The molecule has 1 nitrogen and oxygen atoms in total. The smallest absolute Gasteiger partial charge is 0.166 e. The molecule has 0 N–H and O–H groups in total. The van der Waals surface area contributed by atoms with E-state index >= 15 is 0 Å². The lowest BCUT2D eigenvalue weighted by Gasteiger charge is -2.08. The molecule has 0 spiro atoms. The monoisotopic (exact) mass is 264 g/mol. The van der Waals surface area contributed by atoms with E-state index in [0.717, 1.165) is 0 Å². The molecule has 15 heavy (non-hydrogen) atoms. The van der Waals surface area contributed by atoms with Crippen LogP contribution in [0.25, 0.3) is 0 Å². The van der Waals surface area contributed by atoms with Crippen LogP contribution in [0.15, 0.2) is 12.1 Å². The first-order valence-corrected chi connectivity index (χ1v) is 5.73. The number of Topliss-reactive ketones (excluding diaryl/α,β-unsaturated/α-hetero) is 1. The Morgan fingerprint density at radius 2 is 1.67 bits per heavy atom. The predicted octanol–water partition coefficient (Wildman–Crippen LogP) is 4.88. The molecule has 0 aromatic heterocycles. The second-order valence-corrected chi connectivity index (χ2v) is 5.02. The lowest BCUT2D eigenvalue weighted by Crippen LogP contribution is -2.05. The molecule has 1 aromatic rings. The van der Waals surface area contributed by atoms with Gasteiger partial charge in [-0.05, 0) is 18.1 Å². The molecule has 4 heteroatoms. The highest BCUT2D eigenvalue weighted by atomic mass is 35.5. The molecular weight excluding hydrogens is 254 g/mol. The second kappa shape index (κ2) is 5.20. The summed E-state index contributed by atoms with van der Waals surface area (Å²) in [5.41, 5.74) is 0.372. The third kappa shape index (κ3) is 3.37. The number of carbonyl (C=O) groups excluding carboxylic acids is 1. The topological polar surface area (TPSA) is 17.1 Å². The van der Waals surface area contributed by atoms with Gasteiger partial charge in [-0.1, -0.05) is 48.7 Å². The third-order valence-corrected chi connectivity index (χ3v) is 2.69. The Morgan fingerprint density at radius 1 is 1.20 bits per heavy atom. The molecule has 0 saturated heterocycles. The van der Waals surface area contributed by atoms with Crippen LogP contribution in [0.1, 0.15) is 30.6 Å². The van der Waals surface area contributed by atoms with Crippen LogP contribution in [0.2, 0.25) is 15.1 Å². The van der Waals surface area contributed by atoms with Gasteiger partial charge < -0.3 is 0 Å². The van der Waals surface area contributed by atoms with Crippen LogP contribution in [0.3, 0.4) is 0 Å². The summed E-state index contributed by atoms with van der Waals surface area (Å²) in [6.07, 6.45) is 0.432. The van der Waals surface area contributed by atoms with Gasteiger partial charge in [0, 0.05) is 11.4 Å². The summed E-state index contributed by atoms with van der Waals surface area (Å²) in [7, 11) is 0. The lowest BCUT2D eigenvalue weighted by atomic mass is 10.0. The van der Waals surface area contributed by atoms with Crippen molar-refractivity contribution >= 4 is 40.6 Å². The van der Waals surface area contributed by atoms with E-state index in [1.807, 2.05) is 13.8 Å². The zero-order valence-corrected chi connectivity index (χ0v) is 10.7. The fourth-order valence-corrected chi connectivity index (χ4v) is 2.31. The summed E-state index contributed by atoms with van der Waals surface area (Å²) in [6.45, 7) is 3.94. The van der Waals surface area contributed by atoms with E-state index in [4.69, 9.17) is 34.8 Å². The molecule has 0 bridgehead atoms.